The van der Waals surface area contributed by atoms with Crippen LogP contribution < -0.4 is 5.73 Å². The second-order valence-corrected chi connectivity index (χ2v) is 2.07. The van der Waals surface area contributed by atoms with E-state index < -0.39 is 24.9 Å². The highest BCUT2D eigenvalue weighted by Gasteiger charge is 2.47. The molecule has 0 fully saturated rings. The van der Waals surface area contributed by atoms with E-state index in [1.165, 1.54) is 0 Å². The first-order chi connectivity index (χ1) is 4.92. The molecule has 0 saturated carbocycles. The number of alkyl halides is 4. The lowest BCUT2D eigenvalue weighted by Crippen LogP contribution is -2.41. The van der Waals surface area contributed by atoms with Crippen molar-refractivity contribution in [1.82, 2.24) is 0 Å². The Kier molecular flexibility index (Phi) is 3.74. The fourth-order valence-electron chi connectivity index (χ4n) is 0.496. The van der Waals surface area contributed by atoms with Crippen molar-refractivity contribution in [2.75, 3.05) is 6.54 Å². The van der Waals surface area contributed by atoms with Crippen molar-refractivity contribution in [2.45, 2.75) is 24.9 Å². The van der Waals surface area contributed by atoms with E-state index in [0.29, 0.717) is 0 Å². The van der Waals surface area contributed by atoms with Gasteiger partial charge in [0.05, 0.1) is 0 Å². The van der Waals surface area contributed by atoms with Crippen LogP contribution in [0.2, 0.25) is 0 Å². The lowest BCUT2D eigenvalue weighted by Gasteiger charge is -2.20. The van der Waals surface area contributed by atoms with E-state index in [4.69, 9.17) is 10.8 Å². The fraction of sp³-hybridized carbons (Fsp3) is 1.00. The van der Waals surface area contributed by atoms with Crippen LogP contribution >= 0.6 is 0 Å². The van der Waals surface area contributed by atoms with Gasteiger partial charge in [0.15, 0.2) is 0 Å². The highest BCUT2D eigenvalue weighted by molar-refractivity contribution is 4.78. The van der Waals surface area contributed by atoms with Crippen LogP contribution in [0.4, 0.5) is 17.6 Å². The van der Waals surface area contributed by atoms with Gasteiger partial charge in [-0.3, -0.25) is 0 Å². The Balaban J connectivity index is 4.05. The van der Waals surface area contributed by atoms with Crippen LogP contribution in [-0.4, -0.2) is 30.1 Å². The van der Waals surface area contributed by atoms with Crippen LogP contribution in [0.5, 0.6) is 0 Å². The number of rotatable bonds is 4. The number of halogens is 4. The van der Waals surface area contributed by atoms with Gasteiger partial charge >= 0.3 is 12.3 Å². The van der Waals surface area contributed by atoms with Gasteiger partial charge in [0.25, 0.3) is 0 Å². The minimum Gasteiger partial charge on any atom is -0.387 e. The van der Waals surface area contributed by atoms with Crippen molar-refractivity contribution in [3.05, 3.63) is 0 Å². The molecule has 0 radical (unpaired) electrons. The minimum atomic E-state index is -4.35. The Bertz CT molecular complexity index is 119. The molecule has 0 amide bonds. The van der Waals surface area contributed by atoms with Gasteiger partial charge in [0, 0.05) is 0 Å². The standard InChI is InChI=1S/C5H9F4NO/c6-4(7)5(8,9)3(11)1-2-10/h3-4,11H,1-2,10H2/t3-/m0/s1. The van der Waals surface area contributed by atoms with Crippen molar-refractivity contribution in [1.29, 1.82) is 0 Å². The largest absolute Gasteiger partial charge is 0.387 e. The summed E-state index contributed by atoms with van der Waals surface area (Å²) in [5.41, 5.74) is 4.79. The minimum absolute atomic E-state index is 0.247. The van der Waals surface area contributed by atoms with Gasteiger partial charge in [-0.15, -0.1) is 0 Å². The topological polar surface area (TPSA) is 46.2 Å². The first-order valence-electron chi connectivity index (χ1n) is 2.97. The van der Waals surface area contributed by atoms with E-state index >= 15 is 0 Å². The summed E-state index contributed by atoms with van der Waals surface area (Å²) in [6, 6.07) is 0. The Morgan fingerprint density at radius 3 is 2.09 bits per heavy atom. The molecule has 0 aromatic carbocycles. The molecule has 11 heavy (non-hydrogen) atoms. The smallest absolute Gasteiger partial charge is 0.332 e. The maximum Gasteiger partial charge on any atom is 0.332 e. The molecule has 0 aromatic rings. The van der Waals surface area contributed by atoms with E-state index in [9.17, 15) is 17.6 Å². The quantitative estimate of drug-likeness (QED) is 0.614. The molecule has 0 aliphatic carbocycles. The predicted octanol–water partition coefficient (Wildman–Crippen LogP) is 0.597. The maximum atomic E-state index is 12.1. The molecule has 68 valence electrons. The monoisotopic (exact) mass is 175 g/mol. The highest BCUT2D eigenvalue weighted by Crippen LogP contribution is 2.27. The van der Waals surface area contributed by atoms with Gasteiger partial charge in [0.1, 0.15) is 6.10 Å². The SMILES string of the molecule is NCC[C@H](O)C(F)(F)C(F)F. The molecular formula is C5H9F4NO. The fourth-order valence-corrected chi connectivity index (χ4v) is 0.496. The Labute approximate surface area is 61.0 Å². The first-order valence-corrected chi connectivity index (χ1v) is 2.97. The van der Waals surface area contributed by atoms with Crippen molar-refractivity contribution >= 4 is 0 Å². The molecule has 0 bridgehead atoms. The summed E-state index contributed by atoms with van der Waals surface area (Å²) in [6.07, 6.45) is -6.73. The normalized spacial score (nSPS) is 15.5. The number of hydrogen-bond donors (Lipinski definition) is 2. The zero-order valence-electron chi connectivity index (χ0n) is 5.61. The summed E-state index contributed by atoms with van der Waals surface area (Å²) in [7, 11) is 0. The summed E-state index contributed by atoms with van der Waals surface area (Å²) in [5, 5.41) is 8.44. The summed E-state index contributed by atoms with van der Waals surface area (Å²) < 4.78 is 47.0. The molecular weight excluding hydrogens is 166 g/mol. The lowest BCUT2D eigenvalue weighted by atomic mass is 10.1. The number of aliphatic hydroxyl groups is 1. The molecule has 0 spiro atoms. The average Bonchev–Trinajstić information content (AvgIpc) is 1.88. The molecule has 2 nitrogen and oxygen atoms in total. The predicted molar refractivity (Wildman–Crippen MR) is 30.6 cm³/mol. The van der Waals surface area contributed by atoms with Crippen LogP contribution in [0, 0.1) is 0 Å². The zero-order chi connectivity index (χ0) is 9.07. The molecule has 0 aromatic heterocycles. The molecule has 1 atom stereocenters. The second-order valence-electron chi connectivity index (χ2n) is 2.07. The van der Waals surface area contributed by atoms with Crippen LogP contribution in [0.3, 0.4) is 0 Å². The Morgan fingerprint density at radius 1 is 1.36 bits per heavy atom. The third kappa shape index (κ3) is 2.63. The molecule has 0 rings (SSSR count). The Morgan fingerprint density at radius 2 is 1.82 bits per heavy atom. The van der Waals surface area contributed by atoms with Crippen LogP contribution in [0.25, 0.3) is 0 Å². The van der Waals surface area contributed by atoms with E-state index in [1.807, 2.05) is 0 Å². The van der Waals surface area contributed by atoms with E-state index in [2.05, 4.69) is 0 Å². The van der Waals surface area contributed by atoms with Crippen molar-refractivity contribution in [2.24, 2.45) is 5.73 Å². The van der Waals surface area contributed by atoms with E-state index in [-0.39, 0.29) is 6.54 Å². The van der Waals surface area contributed by atoms with Crippen LogP contribution in [0.1, 0.15) is 6.42 Å². The van der Waals surface area contributed by atoms with E-state index in [1.54, 1.807) is 0 Å². The van der Waals surface area contributed by atoms with E-state index in [0.717, 1.165) is 0 Å². The van der Waals surface area contributed by atoms with Gasteiger partial charge in [-0.05, 0) is 13.0 Å². The number of nitrogens with two attached hydrogens (primary N) is 1. The molecule has 0 saturated heterocycles. The molecule has 6 heteroatoms. The summed E-state index contributed by atoms with van der Waals surface area (Å²) in [4.78, 5) is 0. The summed E-state index contributed by atoms with van der Waals surface area (Å²) in [5.74, 6) is -4.35. The van der Waals surface area contributed by atoms with Gasteiger partial charge in [-0.1, -0.05) is 0 Å². The molecule has 0 unspecified atom stereocenters. The zero-order valence-corrected chi connectivity index (χ0v) is 5.61. The third-order valence-corrected chi connectivity index (χ3v) is 1.18. The number of aliphatic hydroxyl groups excluding tert-OH is 1. The maximum absolute atomic E-state index is 12.1. The molecule has 0 heterocycles. The lowest BCUT2D eigenvalue weighted by molar-refractivity contribution is -0.192. The van der Waals surface area contributed by atoms with Gasteiger partial charge in [0.2, 0.25) is 0 Å². The summed E-state index contributed by atoms with van der Waals surface area (Å²) in [6.45, 7) is -0.247. The second kappa shape index (κ2) is 3.87. The Hall–Kier alpha value is -0.360. The molecule has 0 aliphatic heterocycles. The van der Waals surface area contributed by atoms with Crippen LogP contribution in [-0.2, 0) is 0 Å². The van der Waals surface area contributed by atoms with Crippen molar-refractivity contribution < 1.29 is 22.7 Å². The van der Waals surface area contributed by atoms with Crippen molar-refractivity contribution in [3.63, 3.8) is 0 Å². The van der Waals surface area contributed by atoms with Gasteiger partial charge in [-0.25, -0.2) is 8.78 Å². The average molecular weight is 175 g/mol. The first kappa shape index (κ1) is 10.6. The van der Waals surface area contributed by atoms with Crippen LogP contribution in [0.15, 0.2) is 0 Å². The highest BCUT2D eigenvalue weighted by atomic mass is 19.3. The van der Waals surface area contributed by atoms with Gasteiger partial charge < -0.3 is 10.8 Å². The number of hydrogen-bond acceptors (Lipinski definition) is 2. The molecule has 0 aliphatic rings. The summed E-state index contributed by atoms with van der Waals surface area (Å²) >= 11 is 0. The molecule has 3 N–H and O–H groups in total. The third-order valence-electron chi connectivity index (χ3n) is 1.18. The van der Waals surface area contributed by atoms with Crippen molar-refractivity contribution in [3.8, 4) is 0 Å². The van der Waals surface area contributed by atoms with Gasteiger partial charge in [-0.2, -0.15) is 8.78 Å².